The molecule has 0 aliphatic rings. The van der Waals surface area contributed by atoms with Crippen LogP contribution in [0, 0.1) is 11.3 Å². The van der Waals surface area contributed by atoms with Crippen molar-refractivity contribution in [2.75, 3.05) is 12.3 Å². The first-order valence-corrected chi connectivity index (χ1v) is 6.15. The van der Waals surface area contributed by atoms with Crippen LogP contribution in [0.2, 0.25) is 0 Å². The highest BCUT2D eigenvalue weighted by molar-refractivity contribution is 7.99. The van der Waals surface area contributed by atoms with Gasteiger partial charge in [0.15, 0.2) is 0 Å². The SMILES string of the molecule is CCCNC(=O)c1ccccc1SCC#N. The smallest absolute Gasteiger partial charge is 0.252 e. The fourth-order valence-corrected chi connectivity index (χ4v) is 1.93. The van der Waals surface area contributed by atoms with Crippen LogP contribution in [-0.4, -0.2) is 18.2 Å². The average molecular weight is 234 g/mol. The molecular weight excluding hydrogens is 220 g/mol. The first kappa shape index (κ1) is 12.6. The second kappa shape index (κ2) is 6.91. The van der Waals surface area contributed by atoms with Gasteiger partial charge in [0.2, 0.25) is 0 Å². The van der Waals surface area contributed by atoms with E-state index in [9.17, 15) is 4.79 Å². The van der Waals surface area contributed by atoms with Crippen molar-refractivity contribution < 1.29 is 4.79 Å². The van der Waals surface area contributed by atoms with Gasteiger partial charge >= 0.3 is 0 Å². The van der Waals surface area contributed by atoms with Crippen molar-refractivity contribution in [3.63, 3.8) is 0 Å². The summed E-state index contributed by atoms with van der Waals surface area (Å²) in [4.78, 5) is 12.6. The van der Waals surface area contributed by atoms with E-state index in [0.717, 1.165) is 11.3 Å². The van der Waals surface area contributed by atoms with E-state index in [2.05, 4.69) is 11.4 Å². The molecule has 4 heteroatoms. The number of benzene rings is 1. The number of nitriles is 1. The van der Waals surface area contributed by atoms with E-state index in [-0.39, 0.29) is 5.91 Å². The Bertz CT molecular complexity index is 398. The zero-order chi connectivity index (χ0) is 11.8. The molecule has 0 radical (unpaired) electrons. The summed E-state index contributed by atoms with van der Waals surface area (Å²) in [6.45, 7) is 2.69. The molecule has 0 saturated heterocycles. The maximum atomic E-state index is 11.8. The van der Waals surface area contributed by atoms with E-state index >= 15 is 0 Å². The second-order valence-corrected chi connectivity index (χ2v) is 4.22. The van der Waals surface area contributed by atoms with Gasteiger partial charge in [0.05, 0.1) is 17.4 Å². The molecular formula is C12H14N2OS. The van der Waals surface area contributed by atoms with Crippen molar-refractivity contribution >= 4 is 17.7 Å². The molecule has 0 aromatic heterocycles. The standard InChI is InChI=1S/C12H14N2OS/c1-2-8-14-12(15)10-5-3-4-6-11(10)16-9-7-13/h3-6H,2,8-9H2,1H3,(H,14,15). The van der Waals surface area contributed by atoms with Crippen molar-refractivity contribution in [1.82, 2.24) is 5.32 Å². The lowest BCUT2D eigenvalue weighted by Crippen LogP contribution is -2.24. The Hall–Kier alpha value is -1.47. The summed E-state index contributed by atoms with van der Waals surface area (Å²) in [5, 5.41) is 11.4. The molecule has 1 aromatic carbocycles. The average Bonchev–Trinajstić information content (AvgIpc) is 2.33. The monoisotopic (exact) mass is 234 g/mol. The minimum absolute atomic E-state index is 0.0668. The molecule has 0 aliphatic carbocycles. The molecule has 0 spiro atoms. The predicted molar refractivity (Wildman–Crippen MR) is 65.4 cm³/mol. The third-order valence-corrected chi connectivity index (χ3v) is 2.90. The van der Waals surface area contributed by atoms with Crippen LogP contribution in [0.25, 0.3) is 0 Å². The van der Waals surface area contributed by atoms with E-state index in [1.54, 1.807) is 6.07 Å². The van der Waals surface area contributed by atoms with Crippen molar-refractivity contribution in [2.45, 2.75) is 18.2 Å². The highest BCUT2D eigenvalue weighted by Gasteiger charge is 2.09. The molecule has 0 fully saturated rings. The van der Waals surface area contributed by atoms with Crippen LogP contribution >= 0.6 is 11.8 Å². The maximum Gasteiger partial charge on any atom is 0.252 e. The van der Waals surface area contributed by atoms with Gasteiger partial charge in [-0.2, -0.15) is 5.26 Å². The van der Waals surface area contributed by atoms with Crippen LogP contribution in [0.4, 0.5) is 0 Å². The first-order chi connectivity index (χ1) is 7.79. The molecule has 0 saturated carbocycles. The van der Waals surface area contributed by atoms with E-state index in [1.165, 1.54) is 11.8 Å². The van der Waals surface area contributed by atoms with Gasteiger partial charge in [0.25, 0.3) is 5.91 Å². The minimum atomic E-state index is -0.0668. The maximum absolute atomic E-state index is 11.8. The third-order valence-electron chi connectivity index (χ3n) is 1.96. The van der Waals surface area contributed by atoms with Crippen LogP contribution in [0.5, 0.6) is 0 Å². The number of amides is 1. The second-order valence-electron chi connectivity index (χ2n) is 3.20. The molecule has 0 bridgehead atoms. The Morgan fingerprint density at radius 3 is 2.94 bits per heavy atom. The van der Waals surface area contributed by atoms with Crippen LogP contribution < -0.4 is 5.32 Å². The summed E-state index contributed by atoms with van der Waals surface area (Å²) in [5.41, 5.74) is 0.649. The van der Waals surface area contributed by atoms with Gasteiger partial charge in [-0.3, -0.25) is 4.79 Å². The summed E-state index contributed by atoms with van der Waals surface area (Å²) < 4.78 is 0. The molecule has 1 amide bonds. The molecule has 1 aromatic rings. The highest BCUT2D eigenvalue weighted by atomic mass is 32.2. The third kappa shape index (κ3) is 3.59. The number of hydrogen-bond acceptors (Lipinski definition) is 3. The van der Waals surface area contributed by atoms with Gasteiger partial charge in [0, 0.05) is 11.4 Å². The molecule has 1 N–H and O–H groups in total. The summed E-state index contributed by atoms with van der Waals surface area (Å²) in [6, 6.07) is 9.41. The molecule has 3 nitrogen and oxygen atoms in total. The lowest BCUT2D eigenvalue weighted by Gasteiger charge is -2.07. The zero-order valence-corrected chi connectivity index (χ0v) is 10.0. The fraction of sp³-hybridized carbons (Fsp3) is 0.333. The molecule has 0 aliphatic heterocycles. The minimum Gasteiger partial charge on any atom is -0.352 e. The van der Waals surface area contributed by atoms with Crippen LogP contribution in [0.1, 0.15) is 23.7 Å². The molecule has 84 valence electrons. The van der Waals surface area contributed by atoms with E-state index < -0.39 is 0 Å². The number of thioether (sulfide) groups is 1. The summed E-state index contributed by atoms with van der Waals surface area (Å²) in [7, 11) is 0. The van der Waals surface area contributed by atoms with Crippen molar-refractivity contribution in [1.29, 1.82) is 5.26 Å². The lowest BCUT2D eigenvalue weighted by molar-refractivity contribution is 0.0951. The van der Waals surface area contributed by atoms with Crippen molar-refractivity contribution in [3.05, 3.63) is 29.8 Å². The summed E-state index contributed by atoms with van der Waals surface area (Å²) in [6.07, 6.45) is 0.916. The first-order valence-electron chi connectivity index (χ1n) is 5.16. The Labute approximate surface area is 99.8 Å². The summed E-state index contributed by atoms with van der Waals surface area (Å²) in [5.74, 6) is 0.292. The Kier molecular flexibility index (Phi) is 5.44. The van der Waals surface area contributed by atoms with Crippen LogP contribution in [0.15, 0.2) is 29.2 Å². The Morgan fingerprint density at radius 1 is 1.50 bits per heavy atom. The van der Waals surface area contributed by atoms with Gasteiger partial charge in [-0.25, -0.2) is 0 Å². The molecule has 16 heavy (non-hydrogen) atoms. The number of nitrogens with one attached hydrogen (secondary N) is 1. The van der Waals surface area contributed by atoms with Gasteiger partial charge in [-0.05, 0) is 18.6 Å². The molecule has 0 heterocycles. The highest BCUT2D eigenvalue weighted by Crippen LogP contribution is 2.21. The number of carbonyl (C=O) groups is 1. The van der Waals surface area contributed by atoms with Gasteiger partial charge in [-0.15, -0.1) is 11.8 Å². The zero-order valence-electron chi connectivity index (χ0n) is 9.19. The number of nitrogens with zero attached hydrogens (tertiary/aromatic N) is 1. The predicted octanol–water partition coefficient (Wildman–Crippen LogP) is 2.44. The number of carbonyl (C=O) groups excluding carboxylic acids is 1. The quantitative estimate of drug-likeness (QED) is 0.796. The van der Waals surface area contributed by atoms with E-state index in [4.69, 9.17) is 5.26 Å². The van der Waals surface area contributed by atoms with Crippen molar-refractivity contribution in [2.24, 2.45) is 0 Å². The van der Waals surface area contributed by atoms with Crippen LogP contribution in [-0.2, 0) is 0 Å². The van der Waals surface area contributed by atoms with E-state index in [0.29, 0.717) is 17.9 Å². The number of hydrogen-bond donors (Lipinski definition) is 1. The Balaban J connectivity index is 2.77. The summed E-state index contributed by atoms with van der Waals surface area (Å²) >= 11 is 1.39. The normalized spacial score (nSPS) is 9.50. The Morgan fingerprint density at radius 2 is 2.25 bits per heavy atom. The van der Waals surface area contributed by atoms with Crippen LogP contribution in [0.3, 0.4) is 0 Å². The van der Waals surface area contributed by atoms with Gasteiger partial charge in [0.1, 0.15) is 0 Å². The topological polar surface area (TPSA) is 52.9 Å². The fourth-order valence-electron chi connectivity index (χ4n) is 1.22. The van der Waals surface area contributed by atoms with Gasteiger partial charge in [-0.1, -0.05) is 19.1 Å². The van der Waals surface area contributed by atoms with Gasteiger partial charge < -0.3 is 5.32 Å². The largest absolute Gasteiger partial charge is 0.352 e. The molecule has 0 unspecified atom stereocenters. The lowest BCUT2D eigenvalue weighted by atomic mass is 10.2. The molecule has 0 atom stereocenters. The van der Waals surface area contributed by atoms with E-state index in [1.807, 2.05) is 25.1 Å². The number of rotatable bonds is 5. The molecule has 1 rings (SSSR count). The van der Waals surface area contributed by atoms with Crippen molar-refractivity contribution in [3.8, 4) is 6.07 Å².